The van der Waals surface area contributed by atoms with Gasteiger partial charge in [0, 0.05) is 29.5 Å². The van der Waals surface area contributed by atoms with Gasteiger partial charge in [0.05, 0.1) is 5.41 Å². The summed E-state index contributed by atoms with van der Waals surface area (Å²) in [6.45, 7) is 6.93. The molecule has 0 heterocycles. The van der Waals surface area contributed by atoms with Crippen molar-refractivity contribution in [2.45, 2.75) is 53.9 Å². The SMILES string of the molecule is CCCC(=O)c1c(O)c(C)c(O)c(CC2=C(O)C(C)(C)C(=O)C(C(C)=O)=C2O)c1O. The van der Waals surface area contributed by atoms with Crippen molar-refractivity contribution < 1.29 is 39.9 Å². The van der Waals surface area contributed by atoms with E-state index in [1.54, 1.807) is 6.92 Å². The van der Waals surface area contributed by atoms with E-state index in [-0.39, 0.29) is 28.7 Å². The highest BCUT2D eigenvalue weighted by molar-refractivity contribution is 6.23. The average Bonchev–Trinajstić information content (AvgIpc) is 2.65. The van der Waals surface area contributed by atoms with E-state index in [1.807, 2.05) is 0 Å². The first-order valence-corrected chi connectivity index (χ1v) is 9.50. The van der Waals surface area contributed by atoms with Crippen LogP contribution in [0.4, 0.5) is 0 Å². The molecule has 162 valence electrons. The maximum Gasteiger partial charge on any atom is 0.183 e. The topological polar surface area (TPSA) is 152 Å². The normalized spacial score (nSPS) is 16.2. The number of benzene rings is 1. The quantitative estimate of drug-likeness (QED) is 0.348. The molecule has 0 unspecified atom stereocenters. The molecule has 1 aliphatic carbocycles. The lowest BCUT2D eigenvalue weighted by Crippen LogP contribution is -2.36. The molecule has 0 atom stereocenters. The molecule has 0 radical (unpaired) electrons. The number of carbonyl (C=O) groups excluding carboxylic acids is 3. The Bertz CT molecular complexity index is 1020. The summed E-state index contributed by atoms with van der Waals surface area (Å²) in [6.07, 6.45) is 0.0109. The minimum absolute atomic E-state index is 0.0416. The zero-order chi connectivity index (χ0) is 23.1. The van der Waals surface area contributed by atoms with E-state index in [4.69, 9.17) is 0 Å². The monoisotopic (exact) mass is 418 g/mol. The summed E-state index contributed by atoms with van der Waals surface area (Å²) in [4.78, 5) is 36.9. The predicted octanol–water partition coefficient (Wildman–Crippen LogP) is 3.46. The number of aliphatic hydroxyl groups is 2. The fraction of sp³-hybridized carbons (Fsp3) is 0.409. The molecule has 0 aliphatic heterocycles. The van der Waals surface area contributed by atoms with E-state index >= 15 is 0 Å². The summed E-state index contributed by atoms with van der Waals surface area (Å²) < 4.78 is 0. The zero-order valence-corrected chi connectivity index (χ0v) is 17.6. The van der Waals surface area contributed by atoms with Gasteiger partial charge >= 0.3 is 0 Å². The van der Waals surface area contributed by atoms with Crippen LogP contribution in [0.25, 0.3) is 0 Å². The van der Waals surface area contributed by atoms with Crippen molar-refractivity contribution in [2.24, 2.45) is 5.41 Å². The third-order valence-corrected chi connectivity index (χ3v) is 5.41. The van der Waals surface area contributed by atoms with Gasteiger partial charge in [0.25, 0.3) is 0 Å². The standard InChI is InChI=1S/C22H26O8/c1-6-7-13(24)15-17(26)9(2)16(25)11(18(15)27)8-12-19(28)14(10(3)23)21(30)22(4,5)20(12)29/h25-29H,6-8H2,1-5H3. The highest BCUT2D eigenvalue weighted by atomic mass is 16.3. The molecule has 0 spiro atoms. The smallest absolute Gasteiger partial charge is 0.183 e. The number of rotatable bonds is 6. The van der Waals surface area contributed by atoms with Crippen LogP contribution in [0.15, 0.2) is 22.7 Å². The molecule has 1 aromatic rings. The van der Waals surface area contributed by atoms with Crippen molar-refractivity contribution in [1.82, 2.24) is 0 Å². The number of hydrogen-bond donors (Lipinski definition) is 5. The van der Waals surface area contributed by atoms with Crippen LogP contribution in [-0.2, 0) is 16.0 Å². The van der Waals surface area contributed by atoms with Crippen molar-refractivity contribution in [3.63, 3.8) is 0 Å². The van der Waals surface area contributed by atoms with E-state index in [9.17, 15) is 39.9 Å². The Morgan fingerprint density at radius 3 is 2.03 bits per heavy atom. The number of ketones is 3. The van der Waals surface area contributed by atoms with Crippen LogP contribution in [-0.4, -0.2) is 42.9 Å². The summed E-state index contributed by atoms with van der Waals surface area (Å²) in [6, 6.07) is 0. The highest BCUT2D eigenvalue weighted by Crippen LogP contribution is 2.46. The molecule has 0 amide bonds. The summed E-state index contributed by atoms with van der Waals surface area (Å²) in [5.74, 6) is -5.08. The molecule has 0 saturated heterocycles. The second-order valence-corrected chi connectivity index (χ2v) is 7.94. The molecular weight excluding hydrogens is 392 g/mol. The maximum atomic E-state index is 12.5. The summed E-state index contributed by atoms with van der Waals surface area (Å²) >= 11 is 0. The van der Waals surface area contributed by atoms with E-state index in [2.05, 4.69) is 0 Å². The van der Waals surface area contributed by atoms with Crippen molar-refractivity contribution in [3.8, 4) is 17.2 Å². The van der Waals surface area contributed by atoms with Gasteiger partial charge in [-0.2, -0.15) is 0 Å². The largest absolute Gasteiger partial charge is 0.511 e. The van der Waals surface area contributed by atoms with Crippen LogP contribution in [0.5, 0.6) is 17.2 Å². The predicted molar refractivity (Wildman–Crippen MR) is 108 cm³/mol. The van der Waals surface area contributed by atoms with Crippen LogP contribution in [0.1, 0.15) is 62.0 Å². The molecule has 8 nitrogen and oxygen atoms in total. The van der Waals surface area contributed by atoms with Gasteiger partial charge in [-0.25, -0.2) is 0 Å². The van der Waals surface area contributed by atoms with Gasteiger partial charge in [-0.05, 0) is 34.1 Å². The Morgan fingerprint density at radius 2 is 1.53 bits per heavy atom. The third-order valence-electron chi connectivity index (χ3n) is 5.41. The molecule has 1 aliphatic rings. The van der Waals surface area contributed by atoms with Gasteiger partial charge < -0.3 is 25.5 Å². The number of Topliss-reactive ketones (excluding diaryl/α,β-unsaturated/α-hetero) is 3. The van der Waals surface area contributed by atoms with E-state index < -0.39 is 63.5 Å². The lowest BCUT2D eigenvalue weighted by Gasteiger charge is -2.31. The minimum Gasteiger partial charge on any atom is -0.511 e. The van der Waals surface area contributed by atoms with Gasteiger partial charge in [0.2, 0.25) is 0 Å². The number of hydrogen-bond acceptors (Lipinski definition) is 8. The first-order valence-electron chi connectivity index (χ1n) is 9.50. The average molecular weight is 418 g/mol. The summed E-state index contributed by atoms with van der Waals surface area (Å²) in [5.41, 5.74) is -2.93. The Kier molecular flexibility index (Phi) is 6.02. The number of phenols is 3. The van der Waals surface area contributed by atoms with Crippen molar-refractivity contribution in [3.05, 3.63) is 39.4 Å². The van der Waals surface area contributed by atoms with Crippen LogP contribution in [0.2, 0.25) is 0 Å². The molecule has 2 rings (SSSR count). The zero-order valence-electron chi connectivity index (χ0n) is 17.6. The highest BCUT2D eigenvalue weighted by Gasteiger charge is 2.44. The molecular formula is C22H26O8. The van der Waals surface area contributed by atoms with Crippen molar-refractivity contribution in [1.29, 1.82) is 0 Å². The molecule has 0 aromatic heterocycles. The van der Waals surface area contributed by atoms with Crippen molar-refractivity contribution >= 4 is 17.3 Å². The molecule has 0 fully saturated rings. The number of allylic oxidation sites excluding steroid dienone is 3. The number of carbonyl (C=O) groups is 3. The first-order chi connectivity index (χ1) is 13.8. The fourth-order valence-corrected chi connectivity index (χ4v) is 3.52. The maximum absolute atomic E-state index is 12.5. The van der Waals surface area contributed by atoms with Crippen LogP contribution < -0.4 is 0 Å². The van der Waals surface area contributed by atoms with Gasteiger partial charge in [-0.3, -0.25) is 14.4 Å². The number of aliphatic hydroxyl groups excluding tert-OH is 2. The summed E-state index contributed by atoms with van der Waals surface area (Å²) in [5, 5.41) is 52.6. The van der Waals surface area contributed by atoms with E-state index in [0.717, 1.165) is 6.92 Å². The second-order valence-electron chi connectivity index (χ2n) is 7.94. The Labute approximate surface area is 173 Å². The van der Waals surface area contributed by atoms with Gasteiger partial charge in [0.15, 0.2) is 17.3 Å². The van der Waals surface area contributed by atoms with E-state index in [1.165, 1.54) is 20.8 Å². The summed E-state index contributed by atoms with van der Waals surface area (Å²) in [7, 11) is 0. The first kappa shape index (κ1) is 23.0. The van der Waals surface area contributed by atoms with Crippen LogP contribution >= 0.6 is 0 Å². The fourth-order valence-electron chi connectivity index (χ4n) is 3.52. The lowest BCUT2D eigenvalue weighted by atomic mass is 9.73. The third kappa shape index (κ3) is 3.42. The van der Waals surface area contributed by atoms with Gasteiger partial charge in [0.1, 0.15) is 39.9 Å². The lowest BCUT2D eigenvalue weighted by molar-refractivity contribution is -0.126. The molecule has 1 aromatic carbocycles. The van der Waals surface area contributed by atoms with Gasteiger partial charge in [-0.1, -0.05) is 6.92 Å². The Morgan fingerprint density at radius 1 is 0.967 bits per heavy atom. The van der Waals surface area contributed by atoms with Crippen molar-refractivity contribution in [2.75, 3.05) is 0 Å². The minimum atomic E-state index is -1.53. The number of phenolic OH excluding ortho intramolecular Hbond substituents is 3. The van der Waals surface area contributed by atoms with Gasteiger partial charge in [-0.15, -0.1) is 0 Å². The molecule has 8 heteroatoms. The van der Waals surface area contributed by atoms with E-state index in [0.29, 0.717) is 6.42 Å². The van der Waals surface area contributed by atoms with Crippen LogP contribution in [0, 0.1) is 12.3 Å². The molecule has 5 N–H and O–H groups in total. The Balaban J connectivity index is 2.78. The number of aromatic hydroxyl groups is 3. The van der Waals surface area contributed by atoms with Crippen LogP contribution in [0.3, 0.4) is 0 Å². The molecule has 0 saturated carbocycles. The molecule has 30 heavy (non-hydrogen) atoms. The molecule has 0 bridgehead atoms. The second kappa shape index (κ2) is 7.85. The Hall–Kier alpha value is -3.29.